The van der Waals surface area contributed by atoms with Crippen molar-refractivity contribution < 1.29 is 14.0 Å². The molecule has 1 saturated heterocycles. The van der Waals surface area contributed by atoms with Crippen LogP contribution < -0.4 is 15.5 Å². The first kappa shape index (κ1) is 10.7. The zero-order valence-electron chi connectivity index (χ0n) is 8.39. The first-order valence-corrected chi connectivity index (χ1v) is 4.90. The van der Waals surface area contributed by atoms with Crippen LogP contribution in [0.4, 0.5) is 10.2 Å². The van der Waals surface area contributed by atoms with Crippen LogP contribution in [0.15, 0.2) is 18.3 Å². The molecule has 7 heteroatoms. The molecule has 2 rings (SSSR count). The van der Waals surface area contributed by atoms with Gasteiger partial charge in [0.2, 0.25) is 0 Å². The van der Waals surface area contributed by atoms with Crippen molar-refractivity contribution >= 4 is 11.7 Å². The van der Waals surface area contributed by atoms with Gasteiger partial charge in [-0.15, -0.1) is 4.85 Å². The van der Waals surface area contributed by atoms with Gasteiger partial charge in [-0.2, -0.15) is 0 Å². The Labute approximate surface area is 91.0 Å². The van der Waals surface area contributed by atoms with Crippen molar-refractivity contribution in [3.63, 3.8) is 0 Å². The summed E-state index contributed by atoms with van der Waals surface area (Å²) in [5.41, 5.74) is 0. The highest BCUT2D eigenvalue weighted by molar-refractivity contribution is 5.93. The average molecular weight is 226 g/mol. The quantitative estimate of drug-likeness (QED) is 0.519. The molecular weight excluding hydrogens is 215 g/mol. The van der Waals surface area contributed by atoms with Crippen LogP contribution in [0.2, 0.25) is 0 Å². The Balaban J connectivity index is 2.00. The Morgan fingerprint density at radius 2 is 2.56 bits per heavy atom. The summed E-state index contributed by atoms with van der Waals surface area (Å²) in [7, 11) is 0. The summed E-state index contributed by atoms with van der Waals surface area (Å²) in [5.74, 6) is -0.380. The van der Waals surface area contributed by atoms with Gasteiger partial charge in [0.1, 0.15) is 12.2 Å². The molecule has 0 bridgehead atoms. The molecule has 86 valence electrons. The maximum absolute atomic E-state index is 12.8. The van der Waals surface area contributed by atoms with Crippen molar-refractivity contribution in [2.75, 3.05) is 11.9 Å². The number of rotatable bonds is 2. The van der Waals surface area contributed by atoms with Gasteiger partial charge in [0.25, 0.3) is 0 Å². The highest BCUT2D eigenvalue weighted by Crippen LogP contribution is 2.11. The number of amides is 1. The maximum atomic E-state index is 12.8. The van der Waals surface area contributed by atoms with E-state index in [0.29, 0.717) is 4.85 Å². The molecule has 1 aromatic rings. The fourth-order valence-corrected chi connectivity index (χ4v) is 1.55. The van der Waals surface area contributed by atoms with E-state index in [4.69, 9.17) is 0 Å². The molecule has 6 nitrogen and oxygen atoms in total. The molecule has 0 saturated carbocycles. The summed E-state index contributed by atoms with van der Waals surface area (Å²) >= 11 is 0. The monoisotopic (exact) mass is 226 g/mol. The molecule has 1 amide bonds. The predicted molar refractivity (Wildman–Crippen MR) is 53.1 cm³/mol. The zero-order chi connectivity index (χ0) is 11.5. The molecule has 16 heavy (non-hydrogen) atoms. The van der Waals surface area contributed by atoms with E-state index in [9.17, 15) is 14.4 Å². The molecule has 1 aliphatic heterocycles. The highest BCUT2D eigenvalue weighted by atomic mass is 19.1. The lowest BCUT2D eigenvalue weighted by molar-refractivity contribution is -0.654. The van der Waals surface area contributed by atoms with Crippen LogP contribution in [0.3, 0.4) is 0 Å². The van der Waals surface area contributed by atoms with E-state index in [1.165, 1.54) is 18.3 Å². The summed E-state index contributed by atoms with van der Waals surface area (Å²) < 4.78 is 12.8. The molecule has 1 aromatic heterocycles. The van der Waals surface area contributed by atoms with Gasteiger partial charge in [0.15, 0.2) is 0 Å². The number of alkyl halides is 1. The molecule has 0 radical (unpaired) electrons. The largest absolute Gasteiger partial charge is 0.691 e. The summed E-state index contributed by atoms with van der Waals surface area (Å²) in [6, 6.07) is 2.37. The molecule has 0 aromatic carbocycles. The van der Waals surface area contributed by atoms with Crippen molar-refractivity contribution in [2.45, 2.75) is 18.6 Å². The van der Waals surface area contributed by atoms with E-state index in [1.807, 2.05) is 0 Å². The molecule has 0 aliphatic carbocycles. The van der Waals surface area contributed by atoms with E-state index in [2.05, 4.69) is 15.7 Å². The molecule has 1 aliphatic rings. The van der Waals surface area contributed by atoms with E-state index >= 15 is 0 Å². The predicted octanol–water partition coefficient (Wildman–Crippen LogP) is -0.646. The number of nitrogens with zero attached hydrogens (tertiary/aromatic N) is 2. The van der Waals surface area contributed by atoms with Crippen molar-refractivity contribution in [3.05, 3.63) is 23.5 Å². The number of halogens is 1. The van der Waals surface area contributed by atoms with Crippen LogP contribution in [0.5, 0.6) is 0 Å². The standard InChI is InChI=1S/C9H11FN4O2/c10-6-4-7(11-5-6)9(15)13-8-2-1-3-12-14(8)16/h1-3,6-7,11H,4-5H2,(H,13,15)/t6-,7+/m1/s1. The minimum absolute atomic E-state index is 0.0385. The molecule has 2 N–H and O–H groups in total. The maximum Gasteiger partial charge on any atom is 0.324 e. The van der Waals surface area contributed by atoms with Crippen LogP contribution in [-0.4, -0.2) is 29.8 Å². The number of carbonyl (C=O) groups is 1. The summed E-state index contributed by atoms with van der Waals surface area (Å²) in [6.45, 7) is 0.169. The van der Waals surface area contributed by atoms with Crippen molar-refractivity contribution in [1.29, 1.82) is 0 Å². The van der Waals surface area contributed by atoms with Crippen LogP contribution in [0, 0.1) is 5.21 Å². The molecule has 0 unspecified atom stereocenters. The number of carbonyl (C=O) groups excluding carboxylic acids is 1. The molecule has 2 heterocycles. The summed E-state index contributed by atoms with van der Waals surface area (Å²) in [4.78, 5) is 11.9. The van der Waals surface area contributed by atoms with E-state index in [-0.39, 0.29) is 18.8 Å². The first-order valence-electron chi connectivity index (χ1n) is 4.90. The van der Waals surface area contributed by atoms with Gasteiger partial charge in [0.05, 0.1) is 6.20 Å². The topological polar surface area (TPSA) is 81.0 Å². The van der Waals surface area contributed by atoms with Crippen LogP contribution in [0.25, 0.3) is 0 Å². The fraction of sp³-hybridized carbons (Fsp3) is 0.444. The van der Waals surface area contributed by atoms with Gasteiger partial charge in [-0.25, -0.2) is 14.5 Å². The van der Waals surface area contributed by atoms with Crippen LogP contribution >= 0.6 is 0 Å². The lowest BCUT2D eigenvalue weighted by atomic mass is 10.2. The second-order valence-electron chi connectivity index (χ2n) is 3.56. The molecule has 1 fully saturated rings. The number of anilines is 1. The van der Waals surface area contributed by atoms with Gasteiger partial charge in [0, 0.05) is 19.0 Å². The second-order valence-corrected chi connectivity index (χ2v) is 3.56. The van der Waals surface area contributed by atoms with Gasteiger partial charge in [-0.05, 0) is 6.07 Å². The normalized spacial score (nSPS) is 24.3. The van der Waals surface area contributed by atoms with Crippen molar-refractivity contribution in [1.82, 2.24) is 10.4 Å². The van der Waals surface area contributed by atoms with Crippen LogP contribution in [0.1, 0.15) is 6.42 Å². The van der Waals surface area contributed by atoms with E-state index in [0.717, 1.165) is 0 Å². The SMILES string of the molecule is O=C(Nc1cccn[n+]1[O-])[C@@H]1C[C@@H](F)CN1. The number of nitrogens with one attached hydrogen (secondary N) is 2. The highest BCUT2D eigenvalue weighted by Gasteiger charge is 2.32. The van der Waals surface area contributed by atoms with Gasteiger partial charge in [-0.3, -0.25) is 0 Å². The Morgan fingerprint density at radius 3 is 3.19 bits per heavy atom. The lowest BCUT2D eigenvalue weighted by Gasteiger charge is -2.08. The van der Waals surface area contributed by atoms with Crippen molar-refractivity contribution in [3.8, 4) is 0 Å². The number of hydrogen-bond acceptors (Lipinski definition) is 4. The first-order chi connectivity index (χ1) is 7.66. The molecular formula is C9H11FN4O2. The Morgan fingerprint density at radius 1 is 1.75 bits per heavy atom. The molecule has 0 spiro atoms. The second kappa shape index (κ2) is 4.40. The Hall–Kier alpha value is -1.76. The number of hydrogen-bond donors (Lipinski definition) is 2. The molecule has 2 atom stereocenters. The average Bonchev–Trinajstić information content (AvgIpc) is 2.68. The third-order valence-corrected chi connectivity index (χ3v) is 2.36. The van der Waals surface area contributed by atoms with Gasteiger partial charge >= 0.3 is 11.7 Å². The van der Waals surface area contributed by atoms with Gasteiger partial charge in [-0.1, -0.05) is 5.10 Å². The summed E-state index contributed by atoms with van der Waals surface area (Å²) in [6.07, 6.45) is 0.433. The van der Waals surface area contributed by atoms with Crippen molar-refractivity contribution in [2.24, 2.45) is 0 Å². The smallest absolute Gasteiger partial charge is 0.324 e. The van der Waals surface area contributed by atoms with Crippen LogP contribution in [-0.2, 0) is 4.79 Å². The third-order valence-electron chi connectivity index (χ3n) is 2.36. The lowest BCUT2D eigenvalue weighted by Crippen LogP contribution is -2.41. The number of aromatic nitrogens is 2. The minimum atomic E-state index is -1.01. The Kier molecular flexibility index (Phi) is 2.95. The summed E-state index contributed by atoms with van der Waals surface area (Å²) in [5, 5.41) is 19.7. The zero-order valence-corrected chi connectivity index (χ0v) is 8.39. The van der Waals surface area contributed by atoms with E-state index < -0.39 is 18.1 Å². The fourth-order valence-electron chi connectivity index (χ4n) is 1.55. The van der Waals surface area contributed by atoms with E-state index in [1.54, 1.807) is 0 Å². The van der Waals surface area contributed by atoms with Gasteiger partial charge < -0.3 is 10.5 Å². The Bertz CT molecular complexity index is 401. The third kappa shape index (κ3) is 2.25. The minimum Gasteiger partial charge on any atom is -0.691 e.